The van der Waals surface area contributed by atoms with E-state index in [9.17, 15) is 9.59 Å². The van der Waals surface area contributed by atoms with Crippen molar-refractivity contribution in [2.24, 2.45) is 5.10 Å². The van der Waals surface area contributed by atoms with Gasteiger partial charge in [0.25, 0.3) is 0 Å². The second-order valence-electron chi connectivity index (χ2n) is 6.15. The number of H-pyrrole nitrogens is 1. The van der Waals surface area contributed by atoms with Crippen molar-refractivity contribution in [2.75, 3.05) is 5.32 Å². The van der Waals surface area contributed by atoms with Gasteiger partial charge in [0.05, 0.1) is 12.8 Å². The Labute approximate surface area is 165 Å². The summed E-state index contributed by atoms with van der Waals surface area (Å²) in [6.07, 6.45) is 2.14. The Hall–Kier alpha value is -2.93. The van der Waals surface area contributed by atoms with Crippen LogP contribution in [0.4, 0.5) is 5.69 Å². The Kier molecular flexibility index (Phi) is 6.03. The molecule has 1 heterocycles. The highest BCUT2D eigenvalue weighted by atomic mass is 79.9. The summed E-state index contributed by atoms with van der Waals surface area (Å²) < 4.78 is 0.941. The lowest BCUT2D eigenvalue weighted by atomic mass is 10.1. The molecule has 27 heavy (non-hydrogen) atoms. The largest absolute Gasteiger partial charge is 0.361 e. The number of carbonyl (C=O) groups is 2. The molecule has 6 nitrogen and oxygen atoms in total. The zero-order valence-corrected chi connectivity index (χ0v) is 16.3. The van der Waals surface area contributed by atoms with E-state index >= 15 is 0 Å². The number of nitrogens with one attached hydrogen (secondary N) is 3. The third kappa shape index (κ3) is 5.27. The third-order valence-corrected chi connectivity index (χ3v) is 4.47. The van der Waals surface area contributed by atoms with Gasteiger partial charge in [-0.2, -0.15) is 5.10 Å². The molecule has 7 heteroatoms. The summed E-state index contributed by atoms with van der Waals surface area (Å²) in [5, 5.41) is 7.82. The molecule has 0 unspecified atom stereocenters. The van der Waals surface area contributed by atoms with E-state index in [0.717, 1.165) is 20.9 Å². The monoisotopic (exact) mass is 426 g/mol. The normalized spacial score (nSPS) is 11.4. The number of benzene rings is 2. The average molecular weight is 427 g/mol. The molecule has 2 amide bonds. The molecule has 0 bridgehead atoms. The molecule has 0 aliphatic heterocycles. The number of hydrazone groups is 1. The fraction of sp³-hybridized carbons (Fsp3) is 0.150. The van der Waals surface area contributed by atoms with Gasteiger partial charge in [0.2, 0.25) is 11.8 Å². The van der Waals surface area contributed by atoms with E-state index in [1.165, 1.54) is 0 Å². The second-order valence-corrected chi connectivity index (χ2v) is 7.07. The van der Waals surface area contributed by atoms with E-state index in [-0.39, 0.29) is 24.7 Å². The highest BCUT2D eigenvalue weighted by molar-refractivity contribution is 9.10. The van der Waals surface area contributed by atoms with Gasteiger partial charge in [0.15, 0.2) is 0 Å². The van der Waals surface area contributed by atoms with Gasteiger partial charge in [-0.25, -0.2) is 5.43 Å². The summed E-state index contributed by atoms with van der Waals surface area (Å²) in [4.78, 5) is 27.3. The van der Waals surface area contributed by atoms with Gasteiger partial charge in [0.1, 0.15) is 0 Å². The molecule has 0 spiro atoms. The molecular formula is C20H19BrN4O2. The van der Waals surface area contributed by atoms with Crippen LogP contribution in [0.1, 0.15) is 18.9 Å². The van der Waals surface area contributed by atoms with Crippen LogP contribution in [-0.2, 0) is 16.0 Å². The number of carbonyl (C=O) groups excluding carboxylic acids is 2. The first-order valence-electron chi connectivity index (χ1n) is 8.43. The van der Waals surface area contributed by atoms with Gasteiger partial charge in [-0.3, -0.25) is 9.59 Å². The highest BCUT2D eigenvalue weighted by Gasteiger charge is 2.09. The molecule has 0 radical (unpaired) electrons. The van der Waals surface area contributed by atoms with Crippen LogP contribution in [0.2, 0.25) is 0 Å². The van der Waals surface area contributed by atoms with Crippen LogP contribution in [0, 0.1) is 0 Å². The number of hydrogen-bond donors (Lipinski definition) is 3. The molecule has 3 aromatic rings. The van der Waals surface area contributed by atoms with Crippen molar-refractivity contribution in [3.8, 4) is 0 Å². The molecule has 0 aliphatic carbocycles. The van der Waals surface area contributed by atoms with E-state index in [2.05, 4.69) is 36.8 Å². The molecule has 138 valence electrons. The van der Waals surface area contributed by atoms with E-state index in [1.54, 1.807) is 19.1 Å². The molecule has 3 N–H and O–H groups in total. The maximum atomic E-state index is 12.1. The van der Waals surface area contributed by atoms with Crippen molar-refractivity contribution < 1.29 is 9.59 Å². The Bertz CT molecular complexity index is 993. The van der Waals surface area contributed by atoms with Crippen molar-refractivity contribution in [3.63, 3.8) is 0 Å². The van der Waals surface area contributed by atoms with Gasteiger partial charge in [-0.15, -0.1) is 0 Å². The van der Waals surface area contributed by atoms with Crippen molar-refractivity contribution >= 4 is 50.0 Å². The number of amides is 2. The molecule has 0 saturated carbocycles. The molecule has 2 aromatic carbocycles. The second kappa shape index (κ2) is 8.64. The fourth-order valence-electron chi connectivity index (χ4n) is 2.66. The predicted molar refractivity (Wildman–Crippen MR) is 111 cm³/mol. The fourth-order valence-corrected chi connectivity index (χ4v) is 2.92. The predicted octanol–water partition coefficient (Wildman–Crippen LogP) is 3.99. The number of hydrogen-bond acceptors (Lipinski definition) is 3. The summed E-state index contributed by atoms with van der Waals surface area (Å²) in [5.74, 6) is -0.420. The minimum Gasteiger partial charge on any atom is -0.361 e. The first-order chi connectivity index (χ1) is 13.0. The molecule has 0 atom stereocenters. The van der Waals surface area contributed by atoms with Crippen molar-refractivity contribution in [2.45, 2.75) is 19.8 Å². The van der Waals surface area contributed by atoms with Crippen molar-refractivity contribution in [1.29, 1.82) is 0 Å². The minimum atomic E-state index is -0.229. The maximum absolute atomic E-state index is 12.1. The summed E-state index contributed by atoms with van der Waals surface area (Å²) in [6.45, 7) is 1.70. The first-order valence-corrected chi connectivity index (χ1v) is 9.23. The Morgan fingerprint density at radius 2 is 1.81 bits per heavy atom. The summed E-state index contributed by atoms with van der Waals surface area (Å²) >= 11 is 3.35. The number of nitrogens with zero attached hydrogens (tertiary/aromatic N) is 1. The minimum absolute atomic E-state index is 0.101. The highest BCUT2D eigenvalue weighted by Crippen LogP contribution is 2.18. The van der Waals surface area contributed by atoms with E-state index < -0.39 is 0 Å². The number of halogens is 1. The topological polar surface area (TPSA) is 86.3 Å². The van der Waals surface area contributed by atoms with Crippen LogP contribution in [0.3, 0.4) is 0 Å². The SMILES string of the molecule is C/C(CC(=O)Nc1ccc(Br)cc1)=N\NC(=O)Cc1c[nH]c2ccccc12. The Balaban J connectivity index is 1.51. The molecular weight excluding hydrogens is 408 g/mol. The zero-order chi connectivity index (χ0) is 19.2. The van der Waals surface area contributed by atoms with E-state index in [0.29, 0.717) is 11.4 Å². The lowest BCUT2D eigenvalue weighted by Gasteiger charge is -2.05. The summed E-state index contributed by atoms with van der Waals surface area (Å²) in [6, 6.07) is 15.1. The average Bonchev–Trinajstić information content (AvgIpc) is 3.05. The number of para-hydroxylation sites is 1. The van der Waals surface area contributed by atoms with Crippen molar-refractivity contribution in [3.05, 3.63) is 64.8 Å². The van der Waals surface area contributed by atoms with Crippen LogP contribution < -0.4 is 10.7 Å². The third-order valence-electron chi connectivity index (χ3n) is 3.94. The number of anilines is 1. The summed E-state index contributed by atoms with van der Waals surface area (Å²) in [7, 11) is 0. The number of rotatable bonds is 6. The van der Waals surface area contributed by atoms with E-state index in [1.807, 2.05) is 42.6 Å². The summed E-state index contributed by atoms with van der Waals surface area (Å²) in [5.41, 5.74) is 5.64. The Morgan fingerprint density at radius 1 is 1.07 bits per heavy atom. The van der Waals surface area contributed by atoms with Gasteiger partial charge >= 0.3 is 0 Å². The molecule has 3 rings (SSSR count). The molecule has 0 aliphatic rings. The van der Waals surface area contributed by atoms with Gasteiger partial charge in [-0.1, -0.05) is 34.1 Å². The molecule has 0 fully saturated rings. The number of fused-ring (bicyclic) bond motifs is 1. The van der Waals surface area contributed by atoms with Gasteiger partial charge < -0.3 is 10.3 Å². The van der Waals surface area contributed by atoms with Crippen LogP contribution >= 0.6 is 15.9 Å². The first kappa shape index (κ1) is 18.8. The lowest BCUT2D eigenvalue weighted by molar-refractivity contribution is -0.120. The van der Waals surface area contributed by atoms with Crippen LogP contribution in [0.25, 0.3) is 10.9 Å². The number of aromatic amines is 1. The zero-order valence-electron chi connectivity index (χ0n) is 14.8. The van der Waals surface area contributed by atoms with Crippen LogP contribution in [0.15, 0.2) is 64.3 Å². The Morgan fingerprint density at radius 3 is 2.59 bits per heavy atom. The quantitative estimate of drug-likeness (QED) is 0.410. The smallest absolute Gasteiger partial charge is 0.244 e. The van der Waals surface area contributed by atoms with Crippen LogP contribution in [-0.4, -0.2) is 22.5 Å². The van der Waals surface area contributed by atoms with E-state index in [4.69, 9.17) is 0 Å². The standard InChI is InChI=1S/C20H19BrN4O2/c1-13(10-19(26)23-16-8-6-15(21)7-9-16)24-25-20(27)11-14-12-22-18-5-3-2-4-17(14)18/h2-9,12,22H,10-11H2,1H3,(H,23,26)(H,25,27)/b24-13+. The number of aromatic nitrogens is 1. The van der Waals surface area contributed by atoms with Crippen molar-refractivity contribution in [1.82, 2.24) is 10.4 Å². The molecule has 1 aromatic heterocycles. The van der Waals surface area contributed by atoms with Gasteiger partial charge in [0, 0.05) is 33.0 Å². The maximum Gasteiger partial charge on any atom is 0.244 e. The van der Waals surface area contributed by atoms with Gasteiger partial charge in [-0.05, 0) is 42.8 Å². The lowest BCUT2D eigenvalue weighted by Crippen LogP contribution is -2.22. The van der Waals surface area contributed by atoms with Crippen LogP contribution in [0.5, 0.6) is 0 Å². The molecule has 0 saturated heterocycles.